The van der Waals surface area contributed by atoms with E-state index in [2.05, 4.69) is 0 Å². The largest absolute Gasteiger partial charge is 0.252 e. The van der Waals surface area contributed by atoms with Crippen molar-refractivity contribution in [1.29, 1.82) is 0 Å². The third kappa shape index (κ3) is 4.24. The highest BCUT2D eigenvalue weighted by atomic mass is 32.3. The summed E-state index contributed by atoms with van der Waals surface area (Å²) >= 11 is 1.53. The van der Waals surface area contributed by atoms with E-state index in [1.54, 1.807) is 15.8 Å². The molecule has 0 bridgehead atoms. The summed E-state index contributed by atoms with van der Waals surface area (Å²) in [4.78, 5) is 0.394. The molecule has 118 valence electrons. The van der Waals surface area contributed by atoms with E-state index in [1.807, 2.05) is 32.9 Å². The van der Waals surface area contributed by atoms with Crippen molar-refractivity contribution in [2.24, 2.45) is 0 Å². The second-order valence-corrected chi connectivity index (χ2v) is 9.35. The van der Waals surface area contributed by atoms with Crippen molar-refractivity contribution in [3.8, 4) is 0 Å². The molecule has 0 amide bonds. The molecule has 0 spiro atoms. The van der Waals surface area contributed by atoms with Gasteiger partial charge in [-0.05, 0) is 45.7 Å². The van der Waals surface area contributed by atoms with E-state index in [0.29, 0.717) is 10.1 Å². The molecule has 0 radical (unpaired) electrons. The number of benzene rings is 1. The van der Waals surface area contributed by atoms with Gasteiger partial charge < -0.3 is 0 Å². The zero-order chi connectivity index (χ0) is 15.5. The molecule has 0 aliphatic heterocycles. The van der Waals surface area contributed by atoms with Gasteiger partial charge in [0.2, 0.25) is 0 Å². The average Bonchev–Trinajstić information content (AvgIpc) is 2.46. The van der Waals surface area contributed by atoms with Gasteiger partial charge in [-0.1, -0.05) is 48.9 Å². The molecule has 0 atom stereocenters. The standard InChI is InChI=1S/C16H25NO2S2/c1-13(2)17(20-15-7-5-4-6-8-15)21(18,19)16-11-9-14(3)10-12-16/h9-13,15H,4-8H2,1-3H3. The molecule has 1 aliphatic carbocycles. The predicted octanol–water partition coefficient (Wildman–Crippen LogP) is 4.38. The zero-order valence-electron chi connectivity index (χ0n) is 13.1. The quantitative estimate of drug-likeness (QED) is 0.753. The van der Waals surface area contributed by atoms with Crippen LogP contribution in [0, 0.1) is 6.92 Å². The maximum Gasteiger partial charge on any atom is 0.252 e. The number of rotatable bonds is 5. The molecule has 0 N–H and O–H groups in total. The fraction of sp³-hybridized carbons (Fsp3) is 0.625. The third-order valence-electron chi connectivity index (χ3n) is 3.78. The maximum atomic E-state index is 12.9. The molecular weight excluding hydrogens is 302 g/mol. The normalized spacial score (nSPS) is 17.6. The van der Waals surface area contributed by atoms with Crippen LogP contribution in [0.5, 0.6) is 0 Å². The first-order valence-corrected chi connectivity index (χ1v) is 9.97. The molecule has 3 nitrogen and oxygen atoms in total. The van der Waals surface area contributed by atoms with E-state index in [-0.39, 0.29) is 6.04 Å². The smallest absolute Gasteiger partial charge is 0.206 e. The SMILES string of the molecule is Cc1ccc(S(=O)(=O)N(SC2CCCCC2)C(C)C)cc1. The highest BCUT2D eigenvalue weighted by Gasteiger charge is 2.30. The van der Waals surface area contributed by atoms with Gasteiger partial charge in [-0.2, -0.15) is 0 Å². The fourth-order valence-corrected chi connectivity index (χ4v) is 5.99. The van der Waals surface area contributed by atoms with Crippen LogP contribution < -0.4 is 0 Å². The van der Waals surface area contributed by atoms with Crippen molar-refractivity contribution < 1.29 is 8.42 Å². The van der Waals surface area contributed by atoms with Crippen LogP contribution in [0.15, 0.2) is 29.2 Å². The van der Waals surface area contributed by atoms with E-state index in [9.17, 15) is 8.42 Å². The number of aryl methyl sites for hydroxylation is 1. The summed E-state index contributed by atoms with van der Waals surface area (Å²) in [5.41, 5.74) is 1.07. The van der Waals surface area contributed by atoms with Crippen LogP contribution in [-0.2, 0) is 10.0 Å². The second kappa shape index (κ2) is 7.16. The summed E-state index contributed by atoms with van der Waals surface area (Å²) in [5, 5.41) is 0.432. The van der Waals surface area contributed by atoms with Crippen molar-refractivity contribution in [3.05, 3.63) is 29.8 Å². The van der Waals surface area contributed by atoms with Gasteiger partial charge in [-0.3, -0.25) is 0 Å². The first kappa shape index (κ1) is 16.8. The Morgan fingerprint density at radius 2 is 1.67 bits per heavy atom. The van der Waals surface area contributed by atoms with E-state index < -0.39 is 10.0 Å². The maximum absolute atomic E-state index is 12.9. The number of nitrogens with zero attached hydrogens (tertiary/aromatic N) is 1. The molecular formula is C16H25NO2S2. The summed E-state index contributed by atoms with van der Waals surface area (Å²) in [6.45, 7) is 5.86. The molecule has 0 unspecified atom stereocenters. The summed E-state index contributed by atoms with van der Waals surface area (Å²) in [6.07, 6.45) is 5.96. The summed E-state index contributed by atoms with van der Waals surface area (Å²) in [7, 11) is -3.42. The van der Waals surface area contributed by atoms with Crippen LogP contribution in [0.25, 0.3) is 0 Å². The van der Waals surface area contributed by atoms with Crippen LogP contribution in [0.2, 0.25) is 0 Å². The van der Waals surface area contributed by atoms with Gasteiger partial charge in [0.1, 0.15) is 0 Å². The van der Waals surface area contributed by atoms with Crippen LogP contribution in [0.4, 0.5) is 0 Å². The lowest BCUT2D eigenvalue weighted by Gasteiger charge is -2.30. The van der Waals surface area contributed by atoms with Crippen LogP contribution in [0.3, 0.4) is 0 Å². The van der Waals surface area contributed by atoms with Crippen molar-refractivity contribution in [1.82, 2.24) is 3.71 Å². The molecule has 21 heavy (non-hydrogen) atoms. The Hall–Kier alpha value is -0.520. The lowest BCUT2D eigenvalue weighted by Crippen LogP contribution is -2.33. The molecule has 2 rings (SSSR count). The molecule has 5 heteroatoms. The van der Waals surface area contributed by atoms with Crippen molar-refractivity contribution in [2.45, 2.75) is 69.1 Å². The minimum atomic E-state index is -3.42. The Labute approximate surface area is 133 Å². The van der Waals surface area contributed by atoms with Gasteiger partial charge in [0, 0.05) is 11.3 Å². The van der Waals surface area contributed by atoms with Crippen molar-refractivity contribution in [2.75, 3.05) is 0 Å². The Morgan fingerprint density at radius 3 is 2.19 bits per heavy atom. The molecule has 0 saturated heterocycles. The van der Waals surface area contributed by atoms with Gasteiger partial charge in [0.25, 0.3) is 10.0 Å². The fourth-order valence-electron chi connectivity index (χ4n) is 2.59. The van der Waals surface area contributed by atoms with E-state index in [0.717, 1.165) is 18.4 Å². The van der Waals surface area contributed by atoms with Gasteiger partial charge in [0.05, 0.1) is 4.90 Å². The summed E-state index contributed by atoms with van der Waals surface area (Å²) in [6, 6.07) is 7.10. The van der Waals surface area contributed by atoms with E-state index in [4.69, 9.17) is 0 Å². The Balaban J connectivity index is 2.21. The molecule has 0 aromatic heterocycles. The van der Waals surface area contributed by atoms with E-state index in [1.165, 1.54) is 31.2 Å². The summed E-state index contributed by atoms with van der Waals surface area (Å²) < 4.78 is 27.3. The average molecular weight is 328 g/mol. The number of hydrogen-bond donors (Lipinski definition) is 0. The highest BCUT2D eigenvalue weighted by Crippen LogP contribution is 2.35. The molecule has 1 saturated carbocycles. The minimum absolute atomic E-state index is 0.0387. The van der Waals surface area contributed by atoms with Crippen molar-refractivity contribution >= 4 is 22.0 Å². The topological polar surface area (TPSA) is 37.4 Å². The Morgan fingerprint density at radius 1 is 1.10 bits per heavy atom. The number of sulfonamides is 1. The van der Waals surface area contributed by atoms with Crippen LogP contribution in [0.1, 0.15) is 51.5 Å². The lowest BCUT2D eigenvalue weighted by atomic mass is 10.0. The monoisotopic (exact) mass is 327 g/mol. The molecule has 1 aliphatic rings. The minimum Gasteiger partial charge on any atom is -0.206 e. The molecule has 0 heterocycles. The molecule has 1 aromatic carbocycles. The third-order valence-corrected chi connectivity index (χ3v) is 7.79. The van der Waals surface area contributed by atoms with Gasteiger partial charge in [-0.25, -0.2) is 8.42 Å². The first-order valence-electron chi connectivity index (χ1n) is 7.69. The zero-order valence-corrected chi connectivity index (χ0v) is 14.7. The van der Waals surface area contributed by atoms with Gasteiger partial charge >= 0.3 is 0 Å². The Kier molecular flexibility index (Phi) is 5.74. The van der Waals surface area contributed by atoms with Gasteiger partial charge in [0.15, 0.2) is 0 Å². The predicted molar refractivity (Wildman–Crippen MR) is 89.8 cm³/mol. The first-order chi connectivity index (χ1) is 9.91. The van der Waals surface area contributed by atoms with Crippen molar-refractivity contribution in [3.63, 3.8) is 0 Å². The Bertz CT molecular complexity index is 546. The summed E-state index contributed by atoms with van der Waals surface area (Å²) in [5.74, 6) is 0. The highest BCUT2D eigenvalue weighted by molar-refractivity contribution is 8.08. The molecule has 1 aromatic rings. The van der Waals surface area contributed by atoms with Crippen LogP contribution >= 0.6 is 11.9 Å². The second-order valence-electron chi connectivity index (χ2n) is 6.03. The number of hydrogen-bond acceptors (Lipinski definition) is 3. The van der Waals surface area contributed by atoms with Gasteiger partial charge in [-0.15, -0.1) is 3.71 Å². The molecule has 1 fully saturated rings. The van der Waals surface area contributed by atoms with Crippen LogP contribution in [-0.4, -0.2) is 23.4 Å². The lowest BCUT2D eigenvalue weighted by molar-refractivity contribution is 0.480. The van der Waals surface area contributed by atoms with E-state index >= 15 is 0 Å².